The Morgan fingerprint density at radius 1 is 1.44 bits per heavy atom. The van der Waals surface area contributed by atoms with Gasteiger partial charge in [-0.2, -0.15) is 0 Å². The molecule has 0 saturated heterocycles. The molecule has 0 spiro atoms. The van der Waals surface area contributed by atoms with Crippen molar-refractivity contribution in [3.05, 3.63) is 23.5 Å². The molecule has 0 aromatic carbocycles. The average molecular weight is 252 g/mol. The summed E-state index contributed by atoms with van der Waals surface area (Å²) in [7, 11) is 1.65. The summed E-state index contributed by atoms with van der Waals surface area (Å²) in [6, 6.07) is 3.14. The van der Waals surface area contributed by atoms with Crippen molar-refractivity contribution in [2.24, 2.45) is 0 Å². The summed E-state index contributed by atoms with van der Waals surface area (Å²) < 4.78 is 5.20. The molecule has 0 fully saturated rings. The summed E-state index contributed by atoms with van der Waals surface area (Å²) in [5, 5.41) is 8.97. The van der Waals surface area contributed by atoms with E-state index in [9.17, 15) is 9.59 Å². The molecule has 18 heavy (non-hydrogen) atoms. The lowest BCUT2D eigenvalue weighted by Crippen LogP contribution is -2.31. The van der Waals surface area contributed by atoms with Crippen LogP contribution in [0.3, 0.4) is 0 Å². The summed E-state index contributed by atoms with van der Waals surface area (Å²) in [5.74, 6) is -1.29. The standard InChI is InChI=1S/C12H16N2O4/c1-4-14(3)10(15)7-18-9-6-5-8(2)13-11(9)12(16)17/h5-6H,4,7H2,1-3H3,(H,16,17). The van der Waals surface area contributed by atoms with Crippen LogP contribution in [0, 0.1) is 6.92 Å². The molecule has 1 amide bonds. The molecule has 1 heterocycles. The third-order valence-electron chi connectivity index (χ3n) is 2.45. The van der Waals surface area contributed by atoms with Gasteiger partial charge >= 0.3 is 5.97 Å². The number of carboxylic acids is 1. The lowest BCUT2D eigenvalue weighted by atomic mass is 10.3. The fourth-order valence-corrected chi connectivity index (χ4v) is 1.24. The molecular formula is C12H16N2O4. The first kappa shape index (κ1) is 14.0. The van der Waals surface area contributed by atoms with Gasteiger partial charge in [0.15, 0.2) is 18.1 Å². The number of carbonyl (C=O) groups excluding carboxylic acids is 1. The molecule has 0 unspecified atom stereocenters. The number of nitrogens with zero attached hydrogens (tertiary/aromatic N) is 2. The number of amides is 1. The van der Waals surface area contributed by atoms with E-state index in [0.29, 0.717) is 12.2 Å². The molecule has 0 bridgehead atoms. The van der Waals surface area contributed by atoms with Gasteiger partial charge < -0.3 is 14.7 Å². The van der Waals surface area contributed by atoms with Crippen molar-refractivity contribution < 1.29 is 19.4 Å². The van der Waals surface area contributed by atoms with Crippen molar-refractivity contribution in [2.45, 2.75) is 13.8 Å². The molecular weight excluding hydrogens is 236 g/mol. The predicted molar refractivity (Wildman–Crippen MR) is 64.7 cm³/mol. The van der Waals surface area contributed by atoms with E-state index >= 15 is 0 Å². The van der Waals surface area contributed by atoms with E-state index in [2.05, 4.69) is 4.98 Å². The molecule has 1 aromatic rings. The highest BCUT2D eigenvalue weighted by molar-refractivity contribution is 5.88. The minimum Gasteiger partial charge on any atom is -0.481 e. The molecule has 6 heteroatoms. The first-order chi connectivity index (χ1) is 8.45. The lowest BCUT2D eigenvalue weighted by molar-refractivity contribution is -0.131. The molecule has 98 valence electrons. The number of aromatic nitrogens is 1. The third kappa shape index (κ3) is 3.44. The average Bonchev–Trinajstić information content (AvgIpc) is 2.35. The number of carboxylic acid groups (broad SMARTS) is 1. The van der Waals surface area contributed by atoms with Crippen LogP contribution in [0.1, 0.15) is 23.1 Å². The molecule has 1 aromatic heterocycles. The van der Waals surface area contributed by atoms with Gasteiger partial charge in [0.25, 0.3) is 5.91 Å². The van der Waals surface area contributed by atoms with Gasteiger partial charge in [-0.1, -0.05) is 0 Å². The molecule has 0 atom stereocenters. The van der Waals surface area contributed by atoms with Gasteiger partial charge in [0.2, 0.25) is 0 Å². The van der Waals surface area contributed by atoms with E-state index in [0.717, 1.165) is 0 Å². The van der Waals surface area contributed by atoms with Crippen LogP contribution in [0.15, 0.2) is 12.1 Å². The number of likely N-dealkylation sites (N-methyl/N-ethyl adjacent to an activating group) is 1. The molecule has 0 radical (unpaired) electrons. The topological polar surface area (TPSA) is 79.7 Å². The summed E-state index contributed by atoms with van der Waals surface area (Å²) in [6.45, 7) is 3.90. The van der Waals surface area contributed by atoms with Crippen molar-refractivity contribution in [1.82, 2.24) is 9.88 Å². The van der Waals surface area contributed by atoms with Crippen LogP contribution in [-0.4, -0.2) is 47.1 Å². The fourth-order valence-electron chi connectivity index (χ4n) is 1.24. The Morgan fingerprint density at radius 2 is 2.11 bits per heavy atom. The Hall–Kier alpha value is -2.11. The van der Waals surface area contributed by atoms with Gasteiger partial charge in [0, 0.05) is 19.3 Å². The first-order valence-corrected chi connectivity index (χ1v) is 5.53. The summed E-state index contributed by atoms with van der Waals surface area (Å²) >= 11 is 0. The molecule has 0 aliphatic rings. The maximum absolute atomic E-state index is 11.5. The fraction of sp³-hybridized carbons (Fsp3) is 0.417. The summed E-state index contributed by atoms with van der Waals surface area (Å²) in [4.78, 5) is 27.9. The zero-order chi connectivity index (χ0) is 13.7. The highest BCUT2D eigenvalue weighted by atomic mass is 16.5. The third-order valence-corrected chi connectivity index (χ3v) is 2.45. The molecule has 1 N–H and O–H groups in total. The van der Waals surface area contributed by atoms with E-state index in [4.69, 9.17) is 9.84 Å². The first-order valence-electron chi connectivity index (χ1n) is 5.53. The van der Waals surface area contributed by atoms with Crippen molar-refractivity contribution >= 4 is 11.9 Å². The minimum absolute atomic E-state index is 0.103. The Kier molecular flexibility index (Phi) is 4.65. The summed E-state index contributed by atoms with van der Waals surface area (Å²) in [6.07, 6.45) is 0. The molecule has 1 rings (SSSR count). The Balaban J connectivity index is 2.79. The van der Waals surface area contributed by atoms with Crippen molar-refractivity contribution in [3.63, 3.8) is 0 Å². The zero-order valence-electron chi connectivity index (χ0n) is 10.6. The molecule has 6 nitrogen and oxygen atoms in total. The molecule has 0 saturated carbocycles. The molecule has 0 aliphatic heterocycles. The second-order valence-electron chi connectivity index (χ2n) is 3.80. The van der Waals surface area contributed by atoms with Gasteiger partial charge in [-0.3, -0.25) is 4.79 Å². The van der Waals surface area contributed by atoms with E-state index in [-0.39, 0.29) is 24.0 Å². The SMILES string of the molecule is CCN(C)C(=O)COc1ccc(C)nc1C(=O)O. The highest BCUT2D eigenvalue weighted by Gasteiger charge is 2.15. The van der Waals surface area contributed by atoms with Crippen LogP contribution >= 0.6 is 0 Å². The van der Waals surface area contributed by atoms with E-state index < -0.39 is 5.97 Å². The Morgan fingerprint density at radius 3 is 2.67 bits per heavy atom. The minimum atomic E-state index is -1.18. The zero-order valence-corrected chi connectivity index (χ0v) is 10.6. The van der Waals surface area contributed by atoms with Crippen LogP contribution in [-0.2, 0) is 4.79 Å². The van der Waals surface area contributed by atoms with Crippen LogP contribution in [0.4, 0.5) is 0 Å². The van der Waals surface area contributed by atoms with E-state index in [1.165, 1.54) is 11.0 Å². The van der Waals surface area contributed by atoms with Gasteiger partial charge in [-0.05, 0) is 26.0 Å². The second-order valence-corrected chi connectivity index (χ2v) is 3.80. The van der Waals surface area contributed by atoms with Crippen LogP contribution in [0.2, 0.25) is 0 Å². The largest absolute Gasteiger partial charge is 0.481 e. The molecule has 0 aliphatic carbocycles. The predicted octanol–water partition coefficient (Wildman–Crippen LogP) is 0.945. The quantitative estimate of drug-likeness (QED) is 0.843. The van der Waals surface area contributed by atoms with Crippen molar-refractivity contribution in [2.75, 3.05) is 20.2 Å². The van der Waals surface area contributed by atoms with E-state index in [1.54, 1.807) is 20.0 Å². The maximum Gasteiger partial charge on any atom is 0.358 e. The number of hydrogen-bond donors (Lipinski definition) is 1. The number of ether oxygens (including phenoxy) is 1. The number of carbonyl (C=O) groups is 2. The van der Waals surface area contributed by atoms with Crippen LogP contribution in [0.25, 0.3) is 0 Å². The van der Waals surface area contributed by atoms with Crippen LogP contribution < -0.4 is 4.74 Å². The van der Waals surface area contributed by atoms with Gasteiger partial charge in [0.1, 0.15) is 0 Å². The van der Waals surface area contributed by atoms with Crippen molar-refractivity contribution in [3.8, 4) is 5.75 Å². The number of aryl methyl sites for hydroxylation is 1. The van der Waals surface area contributed by atoms with Gasteiger partial charge in [-0.15, -0.1) is 0 Å². The second kappa shape index (κ2) is 6.00. The number of pyridine rings is 1. The number of aromatic carboxylic acids is 1. The van der Waals surface area contributed by atoms with E-state index in [1.807, 2.05) is 6.92 Å². The Bertz CT molecular complexity index is 459. The maximum atomic E-state index is 11.5. The monoisotopic (exact) mass is 252 g/mol. The smallest absolute Gasteiger partial charge is 0.358 e. The number of hydrogen-bond acceptors (Lipinski definition) is 4. The van der Waals surface area contributed by atoms with Crippen LogP contribution in [0.5, 0.6) is 5.75 Å². The normalized spacial score (nSPS) is 9.94. The number of rotatable bonds is 5. The highest BCUT2D eigenvalue weighted by Crippen LogP contribution is 2.16. The lowest BCUT2D eigenvalue weighted by Gasteiger charge is -2.15. The summed E-state index contributed by atoms with van der Waals surface area (Å²) in [5.41, 5.74) is 0.402. The van der Waals surface area contributed by atoms with Gasteiger partial charge in [0.05, 0.1) is 0 Å². The van der Waals surface area contributed by atoms with Crippen molar-refractivity contribution in [1.29, 1.82) is 0 Å². The van der Waals surface area contributed by atoms with Gasteiger partial charge in [-0.25, -0.2) is 9.78 Å². The Labute approximate surface area is 105 Å².